The van der Waals surface area contributed by atoms with Crippen LogP contribution in [0.25, 0.3) is 22.0 Å². The van der Waals surface area contributed by atoms with Gasteiger partial charge in [0.2, 0.25) is 10.0 Å². The Balaban J connectivity index is 2.25. The maximum atomic E-state index is 12.0. The van der Waals surface area contributed by atoms with E-state index < -0.39 is 16.0 Å². The van der Waals surface area contributed by atoms with Crippen LogP contribution in [0.2, 0.25) is 0 Å². The monoisotopic (exact) mass is 344 g/mol. The lowest BCUT2D eigenvalue weighted by Gasteiger charge is -2.05. The third kappa shape index (κ3) is 2.68. The zero-order valence-corrected chi connectivity index (χ0v) is 14.0. The highest BCUT2D eigenvalue weighted by Gasteiger charge is 2.15. The van der Waals surface area contributed by atoms with E-state index in [1.807, 2.05) is 17.8 Å². The Morgan fingerprint density at radius 2 is 1.92 bits per heavy atom. The predicted molar refractivity (Wildman–Crippen MR) is 91.6 cm³/mol. The minimum absolute atomic E-state index is 0.161. The molecule has 0 bridgehead atoms. The van der Waals surface area contributed by atoms with E-state index in [0.29, 0.717) is 5.56 Å². The zero-order chi connectivity index (χ0) is 17.5. The molecule has 0 fully saturated rings. The lowest BCUT2D eigenvalue weighted by molar-refractivity contribution is 0.0697. The standard InChI is InChI=1S/C17H16N2O4S/c1-18-24(22,23)13-5-3-4-11(8-13)15-10-19(2)16-7-6-12(17(20)21)9-14(15)16/h3-10,18H,1-2H3,(H,20,21). The first kappa shape index (κ1) is 16.2. The third-order valence-electron chi connectivity index (χ3n) is 3.96. The summed E-state index contributed by atoms with van der Waals surface area (Å²) in [7, 11) is -0.326. The SMILES string of the molecule is CNS(=O)(=O)c1cccc(-c2cn(C)c3ccc(C(=O)O)cc23)c1. The molecule has 0 amide bonds. The Hall–Kier alpha value is -2.64. The largest absolute Gasteiger partial charge is 0.478 e. The number of rotatable bonds is 4. The summed E-state index contributed by atoms with van der Waals surface area (Å²) in [6, 6.07) is 11.5. The molecule has 0 saturated carbocycles. The molecule has 0 unspecified atom stereocenters. The normalized spacial score (nSPS) is 11.8. The first-order chi connectivity index (χ1) is 11.3. The molecular weight excluding hydrogens is 328 g/mol. The van der Waals surface area contributed by atoms with Crippen LogP contribution in [0.4, 0.5) is 0 Å². The van der Waals surface area contributed by atoms with Gasteiger partial charge in [-0.15, -0.1) is 0 Å². The minimum atomic E-state index is -3.55. The van der Waals surface area contributed by atoms with E-state index in [1.165, 1.54) is 13.1 Å². The topological polar surface area (TPSA) is 88.4 Å². The van der Waals surface area contributed by atoms with Gasteiger partial charge in [0.1, 0.15) is 0 Å². The van der Waals surface area contributed by atoms with Crippen molar-refractivity contribution in [2.24, 2.45) is 7.05 Å². The van der Waals surface area contributed by atoms with E-state index in [-0.39, 0.29) is 10.5 Å². The van der Waals surface area contributed by atoms with Crippen molar-refractivity contribution in [2.45, 2.75) is 4.90 Å². The predicted octanol–water partition coefficient (Wildman–Crippen LogP) is 2.45. The molecule has 24 heavy (non-hydrogen) atoms. The molecular formula is C17H16N2O4S. The summed E-state index contributed by atoms with van der Waals surface area (Å²) in [5.41, 5.74) is 2.55. The number of carboxylic acid groups (broad SMARTS) is 1. The van der Waals surface area contributed by atoms with Gasteiger partial charge < -0.3 is 9.67 Å². The third-order valence-corrected chi connectivity index (χ3v) is 5.37. The molecule has 0 spiro atoms. The van der Waals surface area contributed by atoms with Crippen LogP contribution in [-0.2, 0) is 17.1 Å². The van der Waals surface area contributed by atoms with Crippen LogP contribution < -0.4 is 4.72 Å². The number of nitrogens with zero attached hydrogens (tertiary/aromatic N) is 1. The lowest BCUT2D eigenvalue weighted by atomic mass is 10.0. The second-order valence-corrected chi connectivity index (χ2v) is 7.31. The highest BCUT2D eigenvalue weighted by Crippen LogP contribution is 2.32. The maximum absolute atomic E-state index is 12.0. The fourth-order valence-electron chi connectivity index (χ4n) is 2.70. The van der Waals surface area contributed by atoms with Crippen molar-refractivity contribution < 1.29 is 18.3 Å². The van der Waals surface area contributed by atoms with Gasteiger partial charge in [0.25, 0.3) is 0 Å². The Morgan fingerprint density at radius 3 is 2.58 bits per heavy atom. The Labute approximate surface area is 139 Å². The van der Waals surface area contributed by atoms with Crippen LogP contribution in [-0.4, -0.2) is 31.1 Å². The highest BCUT2D eigenvalue weighted by atomic mass is 32.2. The molecule has 1 heterocycles. The first-order valence-corrected chi connectivity index (χ1v) is 8.68. The molecule has 0 aliphatic heterocycles. The average molecular weight is 344 g/mol. The van der Waals surface area contributed by atoms with E-state index in [0.717, 1.165) is 16.5 Å². The Bertz CT molecular complexity index is 1050. The van der Waals surface area contributed by atoms with E-state index in [9.17, 15) is 18.3 Å². The van der Waals surface area contributed by atoms with E-state index >= 15 is 0 Å². The van der Waals surface area contributed by atoms with Crippen molar-refractivity contribution in [1.29, 1.82) is 0 Å². The van der Waals surface area contributed by atoms with Crippen molar-refractivity contribution in [2.75, 3.05) is 7.05 Å². The number of aryl methyl sites for hydroxylation is 1. The summed E-state index contributed by atoms with van der Waals surface area (Å²) >= 11 is 0. The van der Waals surface area contributed by atoms with Crippen molar-refractivity contribution in [3.05, 3.63) is 54.2 Å². The number of aromatic carboxylic acids is 1. The van der Waals surface area contributed by atoms with Crippen LogP contribution in [0.1, 0.15) is 10.4 Å². The Morgan fingerprint density at radius 1 is 1.17 bits per heavy atom. The molecule has 0 atom stereocenters. The van der Waals surface area contributed by atoms with Crippen molar-refractivity contribution in [3.8, 4) is 11.1 Å². The number of fused-ring (bicyclic) bond motifs is 1. The number of carboxylic acids is 1. The molecule has 2 aromatic carbocycles. The van der Waals surface area contributed by atoms with Gasteiger partial charge in [0, 0.05) is 29.7 Å². The van der Waals surface area contributed by atoms with Crippen molar-refractivity contribution in [1.82, 2.24) is 9.29 Å². The van der Waals surface area contributed by atoms with Gasteiger partial charge in [-0.1, -0.05) is 12.1 Å². The van der Waals surface area contributed by atoms with Gasteiger partial charge in [0.05, 0.1) is 10.5 Å². The zero-order valence-electron chi connectivity index (χ0n) is 13.1. The minimum Gasteiger partial charge on any atom is -0.478 e. The molecule has 2 N–H and O–H groups in total. The molecule has 3 rings (SSSR count). The van der Waals surface area contributed by atoms with E-state index in [1.54, 1.807) is 36.4 Å². The fraction of sp³-hybridized carbons (Fsp3) is 0.118. The average Bonchev–Trinajstić information content (AvgIpc) is 2.91. The van der Waals surface area contributed by atoms with Crippen LogP contribution in [0.3, 0.4) is 0 Å². The fourth-order valence-corrected chi connectivity index (χ4v) is 3.48. The van der Waals surface area contributed by atoms with E-state index in [2.05, 4.69) is 4.72 Å². The number of aromatic nitrogens is 1. The molecule has 0 radical (unpaired) electrons. The Kier molecular flexibility index (Phi) is 3.90. The van der Waals surface area contributed by atoms with Crippen molar-refractivity contribution >= 4 is 26.9 Å². The van der Waals surface area contributed by atoms with Crippen molar-refractivity contribution in [3.63, 3.8) is 0 Å². The molecule has 6 nitrogen and oxygen atoms in total. The molecule has 3 aromatic rings. The summed E-state index contributed by atoms with van der Waals surface area (Å²) in [6.45, 7) is 0. The maximum Gasteiger partial charge on any atom is 0.335 e. The molecule has 124 valence electrons. The number of hydrogen-bond acceptors (Lipinski definition) is 3. The summed E-state index contributed by atoms with van der Waals surface area (Å²) in [6.07, 6.45) is 1.86. The molecule has 0 saturated heterocycles. The second-order valence-electron chi connectivity index (χ2n) is 5.43. The van der Waals surface area contributed by atoms with Crippen LogP contribution >= 0.6 is 0 Å². The summed E-state index contributed by atoms with van der Waals surface area (Å²) in [5.74, 6) is -1.00. The molecule has 0 aliphatic carbocycles. The first-order valence-electron chi connectivity index (χ1n) is 7.20. The van der Waals surface area contributed by atoms with Crippen LogP contribution in [0.15, 0.2) is 53.6 Å². The molecule has 0 aliphatic rings. The summed E-state index contributed by atoms with van der Waals surface area (Å²) in [4.78, 5) is 11.4. The van der Waals surface area contributed by atoms with Gasteiger partial charge in [-0.25, -0.2) is 17.9 Å². The highest BCUT2D eigenvalue weighted by molar-refractivity contribution is 7.89. The number of benzene rings is 2. The smallest absolute Gasteiger partial charge is 0.335 e. The van der Waals surface area contributed by atoms with Gasteiger partial charge in [-0.3, -0.25) is 0 Å². The number of nitrogens with one attached hydrogen (secondary N) is 1. The van der Waals surface area contributed by atoms with Gasteiger partial charge in [-0.05, 0) is 42.9 Å². The van der Waals surface area contributed by atoms with E-state index in [4.69, 9.17) is 0 Å². The summed E-state index contributed by atoms with van der Waals surface area (Å²) in [5, 5.41) is 9.96. The number of sulfonamides is 1. The summed E-state index contributed by atoms with van der Waals surface area (Å²) < 4.78 is 28.2. The number of hydrogen-bond donors (Lipinski definition) is 2. The van der Waals surface area contributed by atoms with Gasteiger partial charge in [0.15, 0.2) is 0 Å². The molecule has 1 aromatic heterocycles. The quantitative estimate of drug-likeness (QED) is 0.761. The van der Waals surface area contributed by atoms with Gasteiger partial charge >= 0.3 is 5.97 Å². The van der Waals surface area contributed by atoms with Crippen LogP contribution in [0.5, 0.6) is 0 Å². The second kappa shape index (κ2) is 5.77. The van der Waals surface area contributed by atoms with Crippen LogP contribution in [0, 0.1) is 0 Å². The molecule has 7 heteroatoms. The lowest BCUT2D eigenvalue weighted by Crippen LogP contribution is -2.18. The van der Waals surface area contributed by atoms with Gasteiger partial charge in [-0.2, -0.15) is 0 Å². The number of carbonyl (C=O) groups is 1.